The van der Waals surface area contributed by atoms with Gasteiger partial charge < -0.3 is 10.1 Å². The van der Waals surface area contributed by atoms with Gasteiger partial charge in [-0.3, -0.25) is 10.1 Å². The summed E-state index contributed by atoms with van der Waals surface area (Å²) in [4.78, 5) is 24.2. The maximum atomic E-state index is 12.2. The molecule has 3 amide bonds. The van der Waals surface area contributed by atoms with Gasteiger partial charge in [0.25, 0.3) is 5.91 Å². The Morgan fingerprint density at radius 2 is 1.76 bits per heavy atom. The van der Waals surface area contributed by atoms with Crippen LogP contribution in [0.15, 0.2) is 42.5 Å². The van der Waals surface area contributed by atoms with Crippen LogP contribution in [0, 0.1) is 0 Å². The summed E-state index contributed by atoms with van der Waals surface area (Å²) in [5.41, 5.74) is 0. The average molecular weight is 340 g/mol. The number of rotatable bonds is 4. The van der Waals surface area contributed by atoms with Crippen LogP contribution in [0.25, 0.3) is 10.8 Å². The van der Waals surface area contributed by atoms with Gasteiger partial charge in [-0.25, -0.2) is 4.79 Å². The average Bonchev–Trinajstić information content (AvgIpc) is 2.62. The normalized spacial score (nSPS) is 16.2. The summed E-state index contributed by atoms with van der Waals surface area (Å²) in [5.74, 6) is 0.190. The first-order chi connectivity index (χ1) is 12.1. The molecule has 1 saturated carbocycles. The molecule has 2 aromatic rings. The summed E-state index contributed by atoms with van der Waals surface area (Å²) in [6.07, 6.45) is 4.66. The SMILES string of the molecule is C[C@H](Oc1cccc2ccccc12)C(=O)NC(=O)NC1CCCCC1. The zero-order valence-electron chi connectivity index (χ0n) is 14.5. The first-order valence-corrected chi connectivity index (χ1v) is 8.89. The van der Waals surface area contributed by atoms with Gasteiger partial charge in [0.2, 0.25) is 0 Å². The Labute approximate surface area is 147 Å². The molecular formula is C20H24N2O3. The van der Waals surface area contributed by atoms with E-state index >= 15 is 0 Å². The molecule has 25 heavy (non-hydrogen) atoms. The summed E-state index contributed by atoms with van der Waals surface area (Å²) >= 11 is 0. The fourth-order valence-electron chi connectivity index (χ4n) is 3.22. The highest BCUT2D eigenvalue weighted by Gasteiger charge is 2.21. The molecule has 0 aliphatic heterocycles. The second-order valence-corrected chi connectivity index (χ2v) is 6.54. The highest BCUT2D eigenvalue weighted by molar-refractivity contribution is 5.97. The van der Waals surface area contributed by atoms with Crippen LogP contribution in [0.3, 0.4) is 0 Å². The predicted octanol–water partition coefficient (Wildman–Crippen LogP) is 3.77. The molecule has 2 aromatic carbocycles. The van der Waals surface area contributed by atoms with Crippen molar-refractivity contribution in [1.82, 2.24) is 10.6 Å². The number of benzene rings is 2. The molecule has 0 saturated heterocycles. The van der Waals surface area contributed by atoms with Crippen molar-refractivity contribution in [2.45, 2.75) is 51.2 Å². The Balaban J connectivity index is 1.57. The summed E-state index contributed by atoms with van der Waals surface area (Å²) in [5, 5.41) is 7.24. The second-order valence-electron chi connectivity index (χ2n) is 6.54. The molecule has 5 heteroatoms. The molecule has 0 unspecified atom stereocenters. The molecule has 0 spiro atoms. The van der Waals surface area contributed by atoms with E-state index in [-0.39, 0.29) is 6.04 Å². The summed E-state index contributed by atoms with van der Waals surface area (Å²) in [6, 6.07) is 13.3. The van der Waals surface area contributed by atoms with Crippen LogP contribution in [-0.2, 0) is 4.79 Å². The van der Waals surface area contributed by atoms with Gasteiger partial charge in [0.05, 0.1) is 0 Å². The van der Waals surface area contributed by atoms with Crippen molar-refractivity contribution >= 4 is 22.7 Å². The molecular weight excluding hydrogens is 316 g/mol. The van der Waals surface area contributed by atoms with E-state index < -0.39 is 18.0 Å². The van der Waals surface area contributed by atoms with E-state index in [0.717, 1.165) is 36.5 Å². The molecule has 3 rings (SSSR count). The van der Waals surface area contributed by atoms with E-state index in [1.165, 1.54) is 6.42 Å². The van der Waals surface area contributed by atoms with Crippen molar-refractivity contribution in [1.29, 1.82) is 0 Å². The van der Waals surface area contributed by atoms with Crippen molar-refractivity contribution in [3.63, 3.8) is 0 Å². The lowest BCUT2D eigenvalue weighted by atomic mass is 9.96. The molecule has 1 fully saturated rings. The number of fused-ring (bicyclic) bond motifs is 1. The first kappa shape index (κ1) is 17.3. The molecule has 0 radical (unpaired) electrons. The van der Waals surface area contributed by atoms with Crippen LogP contribution in [0.5, 0.6) is 5.75 Å². The predicted molar refractivity (Wildman–Crippen MR) is 97.6 cm³/mol. The van der Waals surface area contributed by atoms with E-state index in [2.05, 4.69) is 10.6 Å². The molecule has 0 heterocycles. The van der Waals surface area contributed by atoms with Crippen molar-refractivity contribution < 1.29 is 14.3 Å². The lowest BCUT2D eigenvalue weighted by Gasteiger charge is -2.23. The van der Waals surface area contributed by atoms with E-state index in [4.69, 9.17) is 4.74 Å². The third-order valence-corrected chi connectivity index (χ3v) is 4.60. The first-order valence-electron chi connectivity index (χ1n) is 8.89. The van der Waals surface area contributed by atoms with E-state index in [9.17, 15) is 9.59 Å². The van der Waals surface area contributed by atoms with Gasteiger partial charge in [-0.15, -0.1) is 0 Å². The minimum absolute atomic E-state index is 0.163. The van der Waals surface area contributed by atoms with Crippen LogP contribution in [0.2, 0.25) is 0 Å². The quantitative estimate of drug-likeness (QED) is 0.890. The van der Waals surface area contributed by atoms with Crippen molar-refractivity contribution in [2.24, 2.45) is 0 Å². The zero-order chi connectivity index (χ0) is 17.6. The Morgan fingerprint density at radius 1 is 1.04 bits per heavy atom. The van der Waals surface area contributed by atoms with Crippen LogP contribution in [0.4, 0.5) is 4.79 Å². The number of nitrogens with one attached hydrogen (secondary N) is 2. The topological polar surface area (TPSA) is 67.4 Å². The standard InChI is InChI=1S/C20H24N2O3/c1-14(19(23)22-20(24)21-16-10-3-2-4-11-16)25-18-13-7-9-15-8-5-6-12-17(15)18/h5-9,12-14,16H,2-4,10-11H2,1H3,(H2,21,22,23,24)/t14-/m0/s1. The number of carbonyl (C=O) groups is 2. The number of imide groups is 1. The van der Waals surface area contributed by atoms with Gasteiger partial charge >= 0.3 is 6.03 Å². The molecule has 1 aliphatic rings. The number of hydrogen-bond acceptors (Lipinski definition) is 3. The van der Waals surface area contributed by atoms with Crippen molar-refractivity contribution in [3.8, 4) is 5.75 Å². The van der Waals surface area contributed by atoms with E-state index in [1.807, 2.05) is 42.5 Å². The minimum Gasteiger partial charge on any atom is -0.480 e. The molecule has 2 N–H and O–H groups in total. The second kappa shape index (κ2) is 8.01. The van der Waals surface area contributed by atoms with Gasteiger partial charge in [0.15, 0.2) is 6.10 Å². The molecule has 1 atom stereocenters. The summed E-state index contributed by atoms with van der Waals surface area (Å²) in [6.45, 7) is 1.64. The number of hydrogen-bond donors (Lipinski definition) is 2. The lowest BCUT2D eigenvalue weighted by molar-refractivity contribution is -0.126. The molecule has 0 aromatic heterocycles. The van der Waals surface area contributed by atoms with Crippen LogP contribution >= 0.6 is 0 Å². The van der Waals surface area contributed by atoms with E-state index in [1.54, 1.807) is 6.92 Å². The van der Waals surface area contributed by atoms with Crippen LogP contribution < -0.4 is 15.4 Å². The van der Waals surface area contributed by atoms with Gasteiger partial charge in [0.1, 0.15) is 5.75 Å². The van der Waals surface area contributed by atoms with Crippen LogP contribution in [-0.4, -0.2) is 24.1 Å². The largest absolute Gasteiger partial charge is 0.480 e. The Kier molecular flexibility index (Phi) is 5.53. The van der Waals surface area contributed by atoms with Crippen molar-refractivity contribution in [2.75, 3.05) is 0 Å². The van der Waals surface area contributed by atoms with Crippen molar-refractivity contribution in [3.05, 3.63) is 42.5 Å². The zero-order valence-corrected chi connectivity index (χ0v) is 14.5. The number of ether oxygens (including phenoxy) is 1. The Bertz CT molecular complexity index is 748. The van der Waals surface area contributed by atoms with Crippen LogP contribution in [0.1, 0.15) is 39.0 Å². The maximum Gasteiger partial charge on any atom is 0.321 e. The number of carbonyl (C=O) groups excluding carboxylic acids is 2. The fourth-order valence-corrected chi connectivity index (χ4v) is 3.22. The third kappa shape index (κ3) is 4.50. The lowest BCUT2D eigenvalue weighted by Crippen LogP contribution is -2.48. The highest BCUT2D eigenvalue weighted by atomic mass is 16.5. The summed E-state index contributed by atoms with van der Waals surface area (Å²) < 4.78 is 5.79. The van der Waals surface area contributed by atoms with E-state index in [0.29, 0.717) is 5.75 Å². The van der Waals surface area contributed by atoms with Gasteiger partial charge in [0, 0.05) is 11.4 Å². The number of urea groups is 1. The summed E-state index contributed by atoms with van der Waals surface area (Å²) in [7, 11) is 0. The fraction of sp³-hybridized carbons (Fsp3) is 0.400. The molecule has 5 nitrogen and oxygen atoms in total. The maximum absolute atomic E-state index is 12.2. The molecule has 0 bridgehead atoms. The van der Waals surface area contributed by atoms with Gasteiger partial charge in [-0.2, -0.15) is 0 Å². The Hall–Kier alpha value is -2.56. The molecule has 1 aliphatic carbocycles. The minimum atomic E-state index is -0.761. The smallest absolute Gasteiger partial charge is 0.321 e. The monoisotopic (exact) mass is 340 g/mol. The molecule has 132 valence electrons. The number of amides is 3. The van der Waals surface area contributed by atoms with Gasteiger partial charge in [-0.05, 0) is 31.2 Å². The Morgan fingerprint density at radius 3 is 2.56 bits per heavy atom. The van der Waals surface area contributed by atoms with Gasteiger partial charge in [-0.1, -0.05) is 55.7 Å². The third-order valence-electron chi connectivity index (χ3n) is 4.60. The highest BCUT2D eigenvalue weighted by Crippen LogP contribution is 2.26.